The number of halogens is 6. The largest absolute Gasteiger partial charge is 0.430 e. The van der Waals surface area contributed by atoms with Gasteiger partial charge in [0.25, 0.3) is 5.60 Å². The molecule has 0 aromatic heterocycles. The molecule has 10 heteroatoms. The van der Waals surface area contributed by atoms with Crippen LogP contribution in [0.25, 0.3) is 0 Å². The molecule has 32 heavy (non-hydrogen) atoms. The van der Waals surface area contributed by atoms with Crippen LogP contribution in [0.3, 0.4) is 0 Å². The Bertz CT molecular complexity index is 960. The summed E-state index contributed by atoms with van der Waals surface area (Å²) in [6, 6.07) is 10.7. The molecule has 0 aliphatic carbocycles. The lowest BCUT2D eigenvalue weighted by Crippen LogP contribution is -2.54. The van der Waals surface area contributed by atoms with Crippen molar-refractivity contribution in [3.05, 3.63) is 65.2 Å². The van der Waals surface area contributed by atoms with Gasteiger partial charge in [-0.3, -0.25) is 4.79 Å². The highest BCUT2D eigenvalue weighted by Gasteiger charge is 2.71. The van der Waals surface area contributed by atoms with Gasteiger partial charge in [-0.15, -0.1) is 0 Å². The zero-order chi connectivity index (χ0) is 23.9. The number of hydrogen-bond donors (Lipinski definition) is 2. The van der Waals surface area contributed by atoms with E-state index in [1.165, 1.54) is 4.90 Å². The van der Waals surface area contributed by atoms with Crippen LogP contribution in [0.15, 0.2) is 48.5 Å². The van der Waals surface area contributed by atoms with Crippen LogP contribution < -0.4 is 4.90 Å². The molecular weight excluding hydrogens is 440 g/mol. The summed E-state index contributed by atoms with van der Waals surface area (Å²) in [5.74, 6) is -1.13. The Hall–Kier alpha value is -2.59. The quantitative estimate of drug-likeness (QED) is 0.665. The van der Waals surface area contributed by atoms with Crippen molar-refractivity contribution in [2.24, 2.45) is 0 Å². The molecule has 0 bridgehead atoms. The Kier molecular flexibility index (Phi) is 6.32. The zero-order valence-corrected chi connectivity index (χ0v) is 16.9. The average molecular weight is 461 g/mol. The van der Waals surface area contributed by atoms with Gasteiger partial charge >= 0.3 is 12.4 Å². The van der Waals surface area contributed by atoms with Gasteiger partial charge in [-0.25, -0.2) is 0 Å². The van der Waals surface area contributed by atoms with Gasteiger partial charge in [0, 0.05) is 11.3 Å². The van der Waals surface area contributed by atoms with Gasteiger partial charge in [-0.05, 0) is 37.0 Å². The van der Waals surface area contributed by atoms with Crippen molar-refractivity contribution in [3.8, 4) is 0 Å². The second-order valence-corrected chi connectivity index (χ2v) is 7.82. The molecule has 0 radical (unpaired) electrons. The van der Waals surface area contributed by atoms with Crippen molar-refractivity contribution in [3.63, 3.8) is 0 Å². The molecular formula is C22H21F6NO3. The molecule has 2 atom stereocenters. The molecule has 2 N–H and O–H groups in total. The number of hydrogen-bond acceptors (Lipinski definition) is 3. The van der Waals surface area contributed by atoms with Crippen LogP contribution in [0.4, 0.5) is 32.0 Å². The molecule has 1 heterocycles. The molecule has 1 aliphatic heterocycles. The van der Waals surface area contributed by atoms with E-state index < -0.39 is 41.4 Å². The summed E-state index contributed by atoms with van der Waals surface area (Å²) < 4.78 is 79.7. The van der Waals surface area contributed by atoms with Crippen LogP contribution in [-0.2, 0) is 16.8 Å². The fourth-order valence-electron chi connectivity index (χ4n) is 3.81. The second-order valence-electron chi connectivity index (χ2n) is 7.82. The Morgan fingerprint density at radius 2 is 1.62 bits per heavy atom. The van der Waals surface area contributed by atoms with E-state index in [1.54, 1.807) is 37.3 Å². The molecule has 0 unspecified atom stereocenters. The number of fused-ring (bicyclic) bond motifs is 1. The summed E-state index contributed by atoms with van der Waals surface area (Å²) in [4.78, 5) is 14.3. The first-order valence-corrected chi connectivity index (χ1v) is 9.81. The van der Waals surface area contributed by atoms with Crippen LogP contribution >= 0.6 is 0 Å². The third-order valence-electron chi connectivity index (χ3n) is 5.68. The highest BCUT2D eigenvalue weighted by atomic mass is 19.4. The number of aryl methyl sites for hydroxylation is 1. The maximum Gasteiger partial charge on any atom is 0.430 e. The van der Waals surface area contributed by atoms with E-state index in [4.69, 9.17) is 0 Å². The maximum atomic E-state index is 13.3. The minimum atomic E-state index is -6.01. The van der Waals surface area contributed by atoms with Gasteiger partial charge in [0.1, 0.15) is 0 Å². The summed E-state index contributed by atoms with van der Waals surface area (Å²) >= 11 is 0. The standard InChI is InChI=1S/C22H21F6NO3/c1-13(14-5-3-2-4-6-14)19(31)29-12-17(30)9-7-15-11-16(8-10-18(15)29)20(32,21(23,24)25)22(26,27)28/h2-6,8,10-11,13,17,30,32H,7,9,12H2,1H3/t13-,17+/m0/s1. The number of amides is 1. The fourth-order valence-corrected chi connectivity index (χ4v) is 3.81. The minimum absolute atomic E-state index is 0.000383. The van der Waals surface area contributed by atoms with E-state index in [0.717, 1.165) is 6.07 Å². The Balaban J connectivity index is 2.07. The molecule has 174 valence electrons. The van der Waals surface area contributed by atoms with E-state index in [-0.39, 0.29) is 30.6 Å². The normalized spacial score (nSPS) is 18.7. The molecule has 3 rings (SSSR count). The van der Waals surface area contributed by atoms with Crippen molar-refractivity contribution in [2.45, 2.75) is 49.7 Å². The lowest BCUT2D eigenvalue weighted by atomic mass is 9.89. The van der Waals surface area contributed by atoms with Crippen LogP contribution in [0, 0.1) is 0 Å². The summed E-state index contributed by atoms with van der Waals surface area (Å²) in [6.45, 7) is 1.46. The maximum absolute atomic E-state index is 13.3. The summed E-state index contributed by atoms with van der Waals surface area (Å²) in [7, 11) is 0. The number of alkyl halides is 6. The number of nitrogens with zero attached hydrogens (tertiary/aromatic N) is 1. The first-order chi connectivity index (χ1) is 14.8. The highest BCUT2D eigenvalue weighted by molar-refractivity contribution is 5.98. The monoisotopic (exact) mass is 461 g/mol. The molecule has 0 saturated carbocycles. The number of aliphatic hydroxyl groups excluding tert-OH is 1. The third kappa shape index (κ3) is 4.21. The van der Waals surface area contributed by atoms with E-state index in [0.29, 0.717) is 17.7 Å². The molecule has 0 fully saturated rings. The Morgan fingerprint density at radius 1 is 1.03 bits per heavy atom. The molecule has 1 amide bonds. The predicted molar refractivity (Wildman–Crippen MR) is 104 cm³/mol. The predicted octanol–water partition coefficient (Wildman–Crippen LogP) is 4.44. The second kappa shape index (κ2) is 8.40. The zero-order valence-electron chi connectivity index (χ0n) is 16.9. The van der Waals surface area contributed by atoms with E-state index >= 15 is 0 Å². The average Bonchev–Trinajstić information content (AvgIpc) is 2.89. The number of aliphatic hydroxyl groups is 2. The van der Waals surface area contributed by atoms with Crippen molar-refractivity contribution in [1.29, 1.82) is 0 Å². The van der Waals surface area contributed by atoms with E-state index in [2.05, 4.69) is 0 Å². The third-order valence-corrected chi connectivity index (χ3v) is 5.68. The molecule has 0 spiro atoms. The lowest BCUT2D eigenvalue weighted by Gasteiger charge is -2.33. The highest BCUT2D eigenvalue weighted by Crippen LogP contribution is 2.50. The van der Waals surface area contributed by atoms with Crippen LogP contribution in [0.5, 0.6) is 0 Å². The molecule has 2 aromatic carbocycles. The van der Waals surface area contributed by atoms with Crippen molar-refractivity contribution in [2.75, 3.05) is 11.4 Å². The van der Waals surface area contributed by atoms with Crippen LogP contribution in [0.1, 0.15) is 36.0 Å². The Morgan fingerprint density at radius 3 is 2.19 bits per heavy atom. The number of β-amino-alcohol motifs (C(OH)–C–C–N with tert-alkyl or cyclic N) is 1. The van der Waals surface area contributed by atoms with Gasteiger partial charge in [-0.1, -0.05) is 42.5 Å². The summed E-state index contributed by atoms with van der Waals surface area (Å²) in [5, 5.41) is 19.9. The van der Waals surface area contributed by atoms with E-state index in [9.17, 15) is 41.4 Å². The lowest BCUT2D eigenvalue weighted by molar-refractivity contribution is -0.376. The molecule has 2 aromatic rings. The van der Waals surface area contributed by atoms with Crippen LogP contribution in [-0.4, -0.2) is 41.1 Å². The molecule has 0 saturated heterocycles. The molecule has 4 nitrogen and oxygen atoms in total. The van der Waals surface area contributed by atoms with E-state index in [1.807, 2.05) is 0 Å². The first kappa shape index (κ1) is 24.1. The van der Waals surface area contributed by atoms with Gasteiger partial charge < -0.3 is 15.1 Å². The van der Waals surface area contributed by atoms with Crippen molar-refractivity contribution >= 4 is 11.6 Å². The topological polar surface area (TPSA) is 60.8 Å². The van der Waals surface area contributed by atoms with Gasteiger partial charge in [0.15, 0.2) is 0 Å². The number of carbonyl (C=O) groups excluding carboxylic acids is 1. The minimum Gasteiger partial charge on any atom is -0.391 e. The van der Waals surface area contributed by atoms with Crippen molar-refractivity contribution in [1.82, 2.24) is 0 Å². The summed E-state index contributed by atoms with van der Waals surface area (Å²) in [5.41, 5.74) is -5.69. The van der Waals surface area contributed by atoms with Gasteiger partial charge in [0.2, 0.25) is 5.91 Å². The van der Waals surface area contributed by atoms with Gasteiger partial charge in [0.05, 0.1) is 18.6 Å². The van der Waals surface area contributed by atoms with Crippen molar-refractivity contribution < 1.29 is 41.4 Å². The smallest absolute Gasteiger partial charge is 0.391 e. The number of rotatable bonds is 3. The Labute approximate surface area is 180 Å². The molecule has 1 aliphatic rings. The SMILES string of the molecule is C[C@H](C(=O)N1C[C@H](O)CCc2cc(C(O)(C(F)(F)F)C(F)(F)F)ccc21)c1ccccc1. The number of benzene rings is 2. The van der Waals surface area contributed by atoms with Crippen LogP contribution in [0.2, 0.25) is 0 Å². The first-order valence-electron chi connectivity index (χ1n) is 9.81. The summed E-state index contributed by atoms with van der Waals surface area (Å²) in [6.07, 6.45) is -13.1. The number of anilines is 1. The van der Waals surface area contributed by atoms with Gasteiger partial charge in [-0.2, -0.15) is 26.3 Å². The number of carbonyl (C=O) groups is 1. The fraction of sp³-hybridized carbons (Fsp3) is 0.409.